The van der Waals surface area contributed by atoms with Gasteiger partial charge >= 0.3 is 0 Å². The van der Waals surface area contributed by atoms with Gasteiger partial charge in [-0.2, -0.15) is 0 Å². The Kier molecular flexibility index (Phi) is 17.4. The van der Waals surface area contributed by atoms with E-state index < -0.39 is 0 Å². The molecule has 0 aliphatic heterocycles. The Morgan fingerprint density at radius 1 is 0.600 bits per heavy atom. The topological polar surface area (TPSA) is 40.6 Å². The van der Waals surface area contributed by atoms with Crippen LogP contribution in [0.25, 0.3) is 0 Å². The first-order valence-electron chi connectivity index (χ1n) is 9.69. The zero-order valence-corrected chi connectivity index (χ0v) is 18.9. The molecule has 0 aliphatic carbocycles. The van der Waals surface area contributed by atoms with Crippen molar-refractivity contribution < 1.29 is 9.59 Å². The average Bonchev–Trinajstić information content (AvgIpc) is 2.61. The number of amides is 2. The van der Waals surface area contributed by atoms with Gasteiger partial charge in [-0.05, 0) is 35.5 Å². The Morgan fingerprint density at radius 3 is 1.12 bits per heavy atom. The first-order chi connectivity index (χ1) is 12.1. The summed E-state index contributed by atoms with van der Waals surface area (Å²) in [7, 11) is 3.71. The summed E-state index contributed by atoms with van der Waals surface area (Å²) in [6.45, 7) is 11.8. The second-order valence-electron chi connectivity index (χ2n) is 6.15. The molecule has 0 aliphatic rings. The lowest BCUT2D eigenvalue weighted by molar-refractivity contribution is 0.221. The van der Waals surface area contributed by atoms with E-state index in [1.807, 2.05) is 9.80 Å². The van der Waals surface area contributed by atoms with Crippen LogP contribution in [0.3, 0.4) is 0 Å². The molecule has 0 fully saturated rings. The Bertz CT molecular complexity index is 309. The monoisotopic (exact) mass is 408 g/mol. The standard InChI is InChI=1S/C18H36N2O2S3/c1-5-9-13-19(14-10-6-2)17(21)23-25-24-18(22)20(15-11-7-3)16-12-8-4/h5-16H2,1-4H3. The summed E-state index contributed by atoms with van der Waals surface area (Å²) in [5.74, 6) is 0. The second kappa shape index (κ2) is 17.4. The molecule has 0 aromatic carbocycles. The fourth-order valence-corrected chi connectivity index (χ4v) is 5.33. The molecule has 0 bridgehead atoms. The van der Waals surface area contributed by atoms with E-state index in [9.17, 15) is 9.59 Å². The van der Waals surface area contributed by atoms with Crippen LogP contribution in [-0.2, 0) is 0 Å². The number of nitrogens with zero attached hydrogens (tertiary/aromatic N) is 2. The molecule has 0 N–H and O–H groups in total. The summed E-state index contributed by atoms with van der Waals surface area (Å²) in [6.07, 6.45) is 8.50. The molecule has 0 atom stereocenters. The number of hydrogen-bond acceptors (Lipinski definition) is 5. The molecule has 0 unspecified atom stereocenters. The van der Waals surface area contributed by atoms with Crippen molar-refractivity contribution in [2.24, 2.45) is 0 Å². The molecule has 7 heteroatoms. The van der Waals surface area contributed by atoms with Crippen LogP contribution >= 0.6 is 31.4 Å². The summed E-state index contributed by atoms with van der Waals surface area (Å²) < 4.78 is 0. The number of rotatable bonds is 14. The van der Waals surface area contributed by atoms with Crippen LogP contribution in [0.4, 0.5) is 9.59 Å². The van der Waals surface area contributed by atoms with E-state index in [4.69, 9.17) is 0 Å². The fourth-order valence-electron chi connectivity index (χ4n) is 2.17. The smallest absolute Gasteiger partial charge is 0.293 e. The van der Waals surface area contributed by atoms with E-state index in [1.54, 1.807) is 0 Å². The third kappa shape index (κ3) is 12.9. The van der Waals surface area contributed by atoms with E-state index >= 15 is 0 Å². The van der Waals surface area contributed by atoms with Crippen molar-refractivity contribution in [1.82, 2.24) is 9.80 Å². The highest BCUT2D eigenvalue weighted by molar-refractivity contribution is 9.14. The van der Waals surface area contributed by atoms with E-state index in [1.165, 1.54) is 31.4 Å². The van der Waals surface area contributed by atoms with Crippen LogP contribution in [0.5, 0.6) is 0 Å². The minimum Gasteiger partial charge on any atom is -0.333 e. The maximum atomic E-state index is 12.4. The highest BCUT2D eigenvalue weighted by Gasteiger charge is 2.18. The fraction of sp³-hybridized carbons (Fsp3) is 0.889. The lowest BCUT2D eigenvalue weighted by Gasteiger charge is -2.22. The van der Waals surface area contributed by atoms with Gasteiger partial charge in [0.25, 0.3) is 10.5 Å². The zero-order valence-electron chi connectivity index (χ0n) is 16.4. The summed E-state index contributed by atoms with van der Waals surface area (Å²) in [4.78, 5) is 28.6. The third-order valence-corrected chi connectivity index (χ3v) is 7.28. The van der Waals surface area contributed by atoms with Gasteiger partial charge in [-0.15, -0.1) is 0 Å². The van der Waals surface area contributed by atoms with Gasteiger partial charge in [0.05, 0.1) is 0 Å². The molecule has 2 amide bonds. The molecular weight excluding hydrogens is 372 g/mol. The van der Waals surface area contributed by atoms with Crippen molar-refractivity contribution in [2.45, 2.75) is 79.1 Å². The van der Waals surface area contributed by atoms with Gasteiger partial charge in [-0.3, -0.25) is 9.59 Å². The van der Waals surface area contributed by atoms with Crippen LogP contribution in [-0.4, -0.2) is 46.5 Å². The van der Waals surface area contributed by atoms with Crippen molar-refractivity contribution in [3.8, 4) is 0 Å². The van der Waals surface area contributed by atoms with Crippen LogP contribution in [0, 0.1) is 0 Å². The van der Waals surface area contributed by atoms with Gasteiger partial charge in [0.1, 0.15) is 0 Å². The summed E-state index contributed by atoms with van der Waals surface area (Å²) in [6, 6.07) is 0. The summed E-state index contributed by atoms with van der Waals surface area (Å²) >= 11 is 0. The molecule has 0 saturated heterocycles. The highest BCUT2D eigenvalue weighted by Crippen LogP contribution is 2.38. The Balaban J connectivity index is 4.31. The van der Waals surface area contributed by atoms with Gasteiger partial charge in [-0.1, -0.05) is 53.4 Å². The summed E-state index contributed by atoms with van der Waals surface area (Å²) in [5, 5.41) is 0.168. The number of carbonyl (C=O) groups is 2. The molecule has 0 radical (unpaired) electrons. The van der Waals surface area contributed by atoms with Crippen molar-refractivity contribution in [2.75, 3.05) is 26.2 Å². The molecule has 0 heterocycles. The molecule has 0 aromatic rings. The molecule has 4 nitrogen and oxygen atoms in total. The number of hydrogen-bond donors (Lipinski definition) is 0. The molecule has 0 saturated carbocycles. The van der Waals surface area contributed by atoms with Gasteiger partial charge < -0.3 is 9.80 Å². The molecule has 0 spiro atoms. The van der Waals surface area contributed by atoms with E-state index in [0.717, 1.165) is 77.5 Å². The predicted molar refractivity (Wildman–Crippen MR) is 116 cm³/mol. The van der Waals surface area contributed by atoms with E-state index in [-0.39, 0.29) is 10.5 Å². The lowest BCUT2D eigenvalue weighted by atomic mass is 10.3. The normalized spacial score (nSPS) is 10.7. The van der Waals surface area contributed by atoms with E-state index in [2.05, 4.69) is 27.7 Å². The predicted octanol–water partition coefficient (Wildman–Crippen LogP) is 7.06. The van der Waals surface area contributed by atoms with Crippen molar-refractivity contribution in [3.63, 3.8) is 0 Å². The quantitative estimate of drug-likeness (QED) is 0.288. The number of unbranched alkanes of at least 4 members (excludes halogenated alkanes) is 4. The molecule has 0 aromatic heterocycles. The van der Waals surface area contributed by atoms with Crippen molar-refractivity contribution in [3.05, 3.63) is 0 Å². The molecule has 148 valence electrons. The number of carbonyl (C=O) groups excluding carboxylic acids is 2. The minimum absolute atomic E-state index is 0.0841. The zero-order chi connectivity index (χ0) is 18.9. The van der Waals surface area contributed by atoms with Crippen LogP contribution in [0.2, 0.25) is 0 Å². The third-order valence-electron chi connectivity index (χ3n) is 3.85. The average molecular weight is 409 g/mol. The maximum absolute atomic E-state index is 12.4. The van der Waals surface area contributed by atoms with Crippen LogP contribution < -0.4 is 0 Å². The van der Waals surface area contributed by atoms with Crippen molar-refractivity contribution in [1.29, 1.82) is 0 Å². The Hall–Kier alpha value is -0.0100. The molecule has 0 rings (SSSR count). The van der Waals surface area contributed by atoms with Gasteiger partial charge in [-0.25, -0.2) is 0 Å². The Morgan fingerprint density at radius 2 is 0.880 bits per heavy atom. The highest BCUT2D eigenvalue weighted by atomic mass is 33.5. The van der Waals surface area contributed by atoms with Crippen LogP contribution in [0.1, 0.15) is 79.1 Å². The van der Waals surface area contributed by atoms with Gasteiger partial charge in [0.2, 0.25) is 0 Å². The maximum Gasteiger partial charge on any atom is 0.293 e. The first-order valence-corrected chi connectivity index (χ1v) is 13.2. The Labute approximate surface area is 166 Å². The summed E-state index contributed by atoms with van der Waals surface area (Å²) in [5.41, 5.74) is 0. The lowest BCUT2D eigenvalue weighted by Crippen LogP contribution is -2.30. The largest absolute Gasteiger partial charge is 0.333 e. The van der Waals surface area contributed by atoms with Crippen LogP contribution in [0.15, 0.2) is 0 Å². The van der Waals surface area contributed by atoms with E-state index in [0.29, 0.717) is 0 Å². The minimum atomic E-state index is 0.0841. The van der Waals surface area contributed by atoms with Crippen molar-refractivity contribution >= 4 is 41.9 Å². The second-order valence-corrected chi connectivity index (χ2v) is 9.96. The van der Waals surface area contributed by atoms with Gasteiger partial charge in [0, 0.05) is 47.8 Å². The van der Waals surface area contributed by atoms with Gasteiger partial charge in [0.15, 0.2) is 0 Å². The SMILES string of the molecule is CCCCN(CCCC)C(=O)SSSC(=O)N(CCCC)CCCC. The molecular formula is C18H36N2O2S3. The molecule has 25 heavy (non-hydrogen) atoms. The first kappa shape index (κ1) is 25.0.